The Kier molecular flexibility index (Phi) is 3.84. The van der Waals surface area contributed by atoms with Crippen molar-refractivity contribution in [2.75, 3.05) is 13.2 Å². The van der Waals surface area contributed by atoms with Crippen LogP contribution in [0, 0.1) is 19.8 Å². The highest BCUT2D eigenvalue weighted by Gasteiger charge is 2.19. The molecule has 1 aliphatic rings. The van der Waals surface area contributed by atoms with Gasteiger partial charge in [-0.1, -0.05) is 5.21 Å². The molecule has 0 radical (unpaired) electrons. The quantitative estimate of drug-likeness (QED) is 0.915. The third-order valence-corrected chi connectivity index (χ3v) is 3.58. The number of furan rings is 1. The molecule has 1 N–H and O–H groups in total. The van der Waals surface area contributed by atoms with Crippen molar-refractivity contribution in [3.05, 3.63) is 35.0 Å². The molecule has 0 saturated heterocycles. The van der Waals surface area contributed by atoms with Gasteiger partial charge in [0, 0.05) is 19.0 Å². The molecule has 108 valence electrons. The monoisotopic (exact) mass is 276 g/mol. The fourth-order valence-electron chi connectivity index (χ4n) is 2.47. The number of hydrogen-bond donors (Lipinski definition) is 1. The van der Waals surface area contributed by atoms with E-state index in [0.717, 1.165) is 49.1 Å². The lowest BCUT2D eigenvalue weighted by Crippen LogP contribution is -2.28. The van der Waals surface area contributed by atoms with Crippen molar-refractivity contribution in [1.29, 1.82) is 0 Å². The smallest absolute Gasteiger partial charge is 0.117 e. The van der Waals surface area contributed by atoms with Gasteiger partial charge in [-0.3, -0.25) is 0 Å². The molecule has 6 nitrogen and oxygen atoms in total. The molecule has 0 amide bonds. The first-order chi connectivity index (χ1) is 9.72. The molecule has 0 fully saturated rings. The van der Waals surface area contributed by atoms with Crippen LogP contribution in [-0.4, -0.2) is 28.1 Å². The minimum atomic E-state index is 0.397. The molecule has 0 saturated carbocycles. The van der Waals surface area contributed by atoms with Crippen LogP contribution < -0.4 is 5.32 Å². The molecule has 0 spiro atoms. The summed E-state index contributed by atoms with van der Waals surface area (Å²) in [7, 11) is 0. The Bertz CT molecular complexity index is 575. The number of rotatable bonds is 4. The Balaban J connectivity index is 1.53. The number of aromatic nitrogens is 3. The highest BCUT2D eigenvalue weighted by atomic mass is 16.5. The summed E-state index contributed by atoms with van der Waals surface area (Å²) < 4.78 is 13.2. The average molecular weight is 276 g/mol. The lowest BCUT2D eigenvalue weighted by molar-refractivity contribution is 0.0934. The zero-order valence-corrected chi connectivity index (χ0v) is 11.9. The second-order valence-corrected chi connectivity index (χ2v) is 5.33. The maximum absolute atomic E-state index is 5.72. The number of aryl methyl sites for hydroxylation is 2. The molecular formula is C14H20N4O2. The van der Waals surface area contributed by atoms with Crippen LogP contribution in [0.25, 0.3) is 0 Å². The van der Waals surface area contributed by atoms with Crippen molar-refractivity contribution in [3.8, 4) is 0 Å². The predicted octanol–water partition coefficient (Wildman–Crippen LogP) is 1.42. The van der Waals surface area contributed by atoms with Gasteiger partial charge >= 0.3 is 0 Å². The summed E-state index contributed by atoms with van der Waals surface area (Å²) in [5.74, 6) is 2.31. The molecule has 3 rings (SSSR count). The van der Waals surface area contributed by atoms with Gasteiger partial charge in [-0.25, -0.2) is 4.68 Å². The van der Waals surface area contributed by atoms with Crippen molar-refractivity contribution < 1.29 is 9.15 Å². The lowest BCUT2D eigenvalue weighted by atomic mass is 10.1. The van der Waals surface area contributed by atoms with Gasteiger partial charge in [0.1, 0.15) is 11.5 Å². The molecule has 0 unspecified atom stereocenters. The number of ether oxygens (including phenoxy) is 1. The molecule has 2 aromatic heterocycles. The zero-order valence-electron chi connectivity index (χ0n) is 11.9. The Morgan fingerprint density at radius 2 is 2.30 bits per heavy atom. The molecule has 6 heteroatoms. The van der Waals surface area contributed by atoms with E-state index in [2.05, 4.69) is 15.6 Å². The Labute approximate surface area is 118 Å². The van der Waals surface area contributed by atoms with Crippen LogP contribution in [0.15, 0.2) is 16.5 Å². The average Bonchev–Trinajstić information content (AvgIpc) is 2.91. The maximum atomic E-state index is 5.72. The molecule has 0 aliphatic carbocycles. The van der Waals surface area contributed by atoms with Gasteiger partial charge in [0.25, 0.3) is 0 Å². The molecule has 0 aromatic carbocycles. The summed E-state index contributed by atoms with van der Waals surface area (Å²) in [4.78, 5) is 0. The van der Waals surface area contributed by atoms with Crippen LogP contribution in [-0.2, 0) is 24.4 Å². The van der Waals surface area contributed by atoms with E-state index in [1.54, 1.807) is 0 Å². The summed E-state index contributed by atoms with van der Waals surface area (Å²) in [6, 6.07) is 3.99. The Morgan fingerprint density at radius 1 is 1.40 bits per heavy atom. The number of nitrogens with one attached hydrogen (secondary N) is 1. The van der Waals surface area contributed by atoms with E-state index in [1.807, 2.05) is 30.7 Å². The van der Waals surface area contributed by atoms with Crippen LogP contribution in [0.1, 0.15) is 22.9 Å². The van der Waals surface area contributed by atoms with Gasteiger partial charge < -0.3 is 14.5 Å². The molecule has 0 bridgehead atoms. The van der Waals surface area contributed by atoms with E-state index in [0.29, 0.717) is 12.5 Å². The first kappa shape index (κ1) is 13.3. The van der Waals surface area contributed by atoms with Crippen LogP contribution in [0.4, 0.5) is 0 Å². The number of hydrogen-bond acceptors (Lipinski definition) is 5. The molecular weight excluding hydrogens is 256 g/mol. The van der Waals surface area contributed by atoms with E-state index < -0.39 is 0 Å². The second-order valence-electron chi connectivity index (χ2n) is 5.33. The summed E-state index contributed by atoms with van der Waals surface area (Å²) in [6.45, 7) is 7.74. The van der Waals surface area contributed by atoms with Crippen LogP contribution in [0.3, 0.4) is 0 Å². The van der Waals surface area contributed by atoms with Crippen molar-refractivity contribution in [2.45, 2.75) is 33.5 Å². The van der Waals surface area contributed by atoms with Gasteiger partial charge in [-0.15, -0.1) is 5.10 Å². The van der Waals surface area contributed by atoms with Crippen molar-refractivity contribution in [2.24, 2.45) is 5.92 Å². The Hall–Kier alpha value is -1.66. The molecule has 2 aromatic rings. The van der Waals surface area contributed by atoms with E-state index in [1.165, 1.54) is 0 Å². The van der Waals surface area contributed by atoms with Gasteiger partial charge in [-0.2, -0.15) is 0 Å². The fraction of sp³-hybridized carbons (Fsp3) is 0.571. The van der Waals surface area contributed by atoms with Crippen molar-refractivity contribution in [1.82, 2.24) is 20.3 Å². The summed E-state index contributed by atoms with van der Waals surface area (Å²) >= 11 is 0. The molecule has 1 aliphatic heterocycles. The number of nitrogens with zero attached hydrogens (tertiary/aromatic N) is 3. The zero-order chi connectivity index (χ0) is 13.9. The highest BCUT2D eigenvalue weighted by Crippen LogP contribution is 2.14. The SMILES string of the molecule is Cc1ccc(CNC[C@@H]2COCc3c(C)nnn3C2)o1. The molecule has 3 heterocycles. The van der Waals surface area contributed by atoms with Crippen LogP contribution in [0.2, 0.25) is 0 Å². The topological polar surface area (TPSA) is 65.1 Å². The van der Waals surface area contributed by atoms with Crippen molar-refractivity contribution >= 4 is 0 Å². The van der Waals surface area contributed by atoms with Gasteiger partial charge in [0.15, 0.2) is 0 Å². The lowest BCUT2D eigenvalue weighted by Gasteiger charge is -2.14. The first-order valence-electron chi connectivity index (χ1n) is 6.95. The predicted molar refractivity (Wildman–Crippen MR) is 73.1 cm³/mol. The minimum absolute atomic E-state index is 0.397. The largest absolute Gasteiger partial charge is 0.465 e. The normalized spacial score (nSPS) is 18.8. The highest BCUT2D eigenvalue weighted by molar-refractivity contribution is 5.07. The van der Waals surface area contributed by atoms with E-state index in [-0.39, 0.29) is 0 Å². The van der Waals surface area contributed by atoms with E-state index in [9.17, 15) is 0 Å². The first-order valence-corrected chi connectivity index (χ1v) is 6.95. The summed E-state index contributed by atoms with van der Waals surface area (Å²) in [6.07, 6.45) is 0. The third-order valence-electron chi connectivity index (χ3n) is 3.58. The Morgan fingerprint density at radius 3 is 3.10 bits per heavy atom. The fourth-order valence-corrected chi connectivity index (χ4v) is 2.47. The summed E-state index contributed by atoms with van der Waals surface area (Å²) in [5, 5.41) is 11.7. The minimum Gasteiger partial charge on any atom is -0.465 e. The molecule has 1 atom stereocenters. The summed E-state index contributed by atoms with van der Waals surface area (Å²) in [5.41, 5.74) is 2.05. The molecule has 20 heavy (non-hydrogen) atoms. The maximum Gasteiger partial charge on any atom is 0.117 e. The van der Waals surface area contributed by atoms with Gasteiger partial charge in [0.05, 0.1) is 31.1 Å². The number of fused-ring (bicyclic) bond motifs is 1. The van der Waals surface area contributed by atoms with Gasteiger partial charge in [-0.05, 0) is 26.0 Å². The van der Waals surface area contributed by atoms with Crippen LogP contribution in [0.5, 0.6) is 0 Å². The van der Waals surface area contributed by atoms with E-state index in [4.69, 9.17) is 9.15 Å². The standard InChI is InChI=1S/C14H20N4O2/c1-10-3-4-13(20-10)6-15-5-12-7-18-14(9-19-8-12)11(2)16-17-18/h3-4,12,15H,5-9H2,1-2H3/t12-/m0/s1. The van der Waals surface area contributed by atoms with Gasteiger partial charge in [0.2, 0.25) is 0 Å². The third kappa shape index (κ3) is 2.91. The van der Waals surface area contributed by atoms with Crippen molar-refractivity contribution in [3.63, 3.8) is 0 Å². The van der Waals surface area contributed by atoms with Crippen LogP contribution >= 0.6 is 0 Å². The second kappa shape index (κ2) is 5.76. The van der Waals surface area contributed by atoms with E-state index >= 15 is 0 Å².